The number of rotatable bonds is 5. The van der Waals surface area contributed by atoms with Gasteiger partial charge in [0.15, 0.2) is 0 Å². The van der Waals surface area contributed by atoms with Crippen LogP contribution in [-0.2, 0) is 11.2 Å². The SMILES string of the molecule is CNC1CCCN(C(=O)C2(Cc3cccc(OC)c3)CC3CCC2C3)C1.Cl. The summed E-state index contributed by atoms with van der Waals surface area (Å²) in [5.41, 5.74) is 1.05. The van der Waals surface area contributed by atoms with Gasteiger partial charge in [0, 0.05) is 19.1 Å². The van der Waals surface area contributed by atoms with E-state index in [9.17, 15) is 4.79 Å². The van der Waals surface area contributed by atoms with Crippen molar-refractivity contribution >= 4 is 18.3 Å². The number of amides is 1. The molecule has 1 N–H and O–H groups in total. The van der Waals surface area contributed by atoms with E-state index in [4.69, 9.17) is 4.74 Å². The van der Waals surface area contributed by atoms with Gasteiger partial charge in [-0.2, -0.15) is 0 Å². The van der Waals surface area contributed by atoms with Gasteiger partial charge in [-0.1, -0.05) is 18.6 Å². The molecule has 2 aliphatic carbocycles. The number of nitrogens with zero attached hydrogens (tertiary/aromatic N) is 1. The van der Waals surface area contributed by atoms with Crippen LogP contribution < -0.4 is 10.1 Å². The first kappa shape index (κ1) is 20.5. The summed E-state index contributed by atoms with van der Waals surface area (Å²) >= 11 is 0. The number of carbonyl (C=O) groups is 1. The number of likely N-dealkylation sites (N-methyl/N-ethyl adjacent to an activating group) is 1. The third-order valence-electron chi connectivity index (χ3n) is 7.17. The molecule has 1 saturated heterocycles. The summed E-state index contributed by atoms with van der Waals surface area (Å²) in [7, 11) is 3.73. The quantitative estimate of drug-likeness (QED) is 0.831. The van der Waals surface area contributed by atoms with E-state index in [1.54, 1.807) is 7.11 Å². The van der Waals surface area contributed by atoms with Gasteiger partial charge in [-0.15, -0.1) is 12.4 Å². The van der Waals surface area contributed by atoms with Gasteiger partial charge in [0.25, 0.3) is 0 Å². The van der Waals surface area contributed by atoms with Crippen LogP contribution in [0.3, 0.4) is 0 Å². The zero-order chi connectivity index (χ0) is 18.1. The molecule has 4 nitrogen and oxygen atoms in total. The van der Waals surface area contributed by atoms with E-state index in [-0.39, 0.29) is 17.8 Å². The zero-order valence-electron chi connectivity index (χ0n) is 16.6. The summed E-state index contributed by atoms with van der Waals surface area (Å²) in [6.45, 7) is 1.79. The summed E-state index contributed by atoms with van der Waals surface area (Å²) < 4.78 is 5.42. The van der Waals surface area contributed by atoms with Gasteiger partial charge >= 0.3 is 0 Å². The Labute approximate surface area is 169 Å². The van der Waals surface area contributed by atoms with Crippen molar-refractivity contribution in [2.45, 2.75) is 51.0 Å². The first-order valence-electron chi connectivity index (χ1n) is 10.2. The maximum atomic E-state index is 13.8. The predicted octanol–water partition coefficient (Wildman–Crippen LogP) is 3.68. The van der Waals surface area contributed by atoms with Gasteiger partial charge in [-0.3, -0.25) is 4.79 Å². The number of nitrogens with one attached hydrogen (secondary N) is 1. The van der Waals surface area contributed by atoms with Crippen molar-refractivity contribution in [3.8, 4) is 5.75 Å². The molecule has 0 radical (unpaired) electrons. The molecule has 1 amide bonds. The fraction of sp³-hybridized carbons (Fsp3) is 0.682. The monoisotopic (exact) mass is 392 g/mol. The topological polar surface area (TPSA) is 41.6 Å². The Bertz CT molecular complexity index is 667. The minimum Gasteiger partial charge on any atom is -0.497 e. The third kappa shape index (κ3) is 3.84. The van der Waals surface area contributed by atoms with Gasteiger partial charge in [0.2, 0.25) is 5.91 Å². The van der Waals surface area contributed by atoms with Crippen LogP contribution in [0.25, 0.3) is 0 Å². The molecule has 4 atom stereocenters. The highest BCUT2D eigenvalue weighted by Crippen LogP contribution is 2.58. The summed E-state index contributed by atoms with van der Waals surface area (Å²) in [6.07, 6.45) is 8.02. The van der Waals surface area contributed by atoms with E-state index < -0.39 is 0 Å². The van der Waals surface area contributed by atoms with Crippen LogP contribution in [0.5, 0.6) is 5.75 Å². The lowest BCUT2D eigenvalue weighted by Crippen LogP contribution is -2.54. The molecule has 0 aromatic heterocycles. The highest BCUT2D eigenvalue weighted by atomic mass is 35.5. The van der Waals surface area contributed by atoms with Gasteiger partial charge in [-0.05, 0) is 75.1 Å². The molecular weight excluding hydrogens is 360 g/mol. The minimum atomic E-state index is -0.190. The molecule has 4 unspecified atom stereocenters. The Morgan fingerprint density at radius 1 is 1.33 bits per heavy atom. The van der Waals surface area contributed by atoms with Crippen molar-refractivity contribution in [3.63, 3.8) is 0 Å². The summed E-state index contributed by atoms with van der Waals surface area (Å²) in [6, 6.07) is 8.77. The van der Waals surface area contributed by atoms with Gasteiger partial charge in [0.05, 0.1) is 12.5 Å². The summed E-state index contributed by atoms with van der Waals surface area (Å²) in [5.74, 6) is 2.62. The van der Waals surface area contributed by atoms with Crippen LogP contribution in [0, 0.1) is 17.3 Å². The summed E-state index contributed by atoms with van der Waals surface area (Å²) in [4.78, 5) is 16.0. The lowest BCUT2D eigenvalue weighted by Gasteiger charge is -2.43. The second-order valence-electron chi connectivity index (χ2n) is 8.64. The van der Waals surface area contributed by atoms with E-state index in [0.29, 0.717) is 17.9 Å². The number of ether oxygens (including phenoxy) is 1. The van der Waals surface area contributed by atoms with Crippen molar-refractivity contribution in [2.75, 3.05) is 27.2 Å². The Kier molecular flexibility index (Phi) is 6.37. The fourth-order valence-electron chi connectivity index (χ4n) is 5.86. The van der Waals surface area contributed by atoms with Crippen molar-refractivity contribution in [3.05, 3.63) is 29.8 Å². The van der Waals surface area contributed by atoms with E-state index in [2.05, 4.69) is 28.4 Å². The molecule has 4 rings (SSSR count). The number of carbonyl (C=O) groups excluding carboxylic acids is 1. The van der Waals surface area contributed by atoms with E-state index in [0.717, 1.165) is 44.0 Å². The molecule has 5 heteroatoms. The van der Waals surface area contributed by atoms with Gasteiger partial charge in [0.1, 0.15) is 5.75 Å². The Morgan fingerprint density at radius 3 is 2.85 bits per heavy atom. The lowest BCUT2D eigenvalue weighted by molar-refractivity contribution is -0.147. The molecular formula is C22H33ClN2O2. The molecule has 0 spiro atoms. The van der Waals surface area contributed by atoms with Crippen LogP contribution in [0.2, 0.25) is 0 Å². The first-order chi connectivity index (χ1) is 12.6. The smallest absolute Gasteiger partial charge is 0.229 e. The minimum absolute atomic E-state index is 0. The number of methoxy groups -OCH3 is 1. The maximum absolute atomic E-state index is 13.8. The standard InChI is InChI=1S/C22H32N2O2.ClH/c1-23-19-6-4-10-24(15-19)21(25)22(14-17-8-9-18(22)11-17)13-16-5-3-7-20(12-16)26-2;/h3,5,7,12,17-19,23H,4,6,8-11,13-15H2,1-2H3;1H. The molecule has 150 valence electrons. The number of hydrogen-bond acceptors (Lipinski definition) is 3. The van der Waals surface area contributed by atoms with E-state index >= 15 is 0 Å². The van der Waals surface area contributed by atoms with Crippen molar-refractivity contribution < 1.29 is 9.53 Å². The van der Waals surface area contributed by atoms with Crippen LogP contribution in [-0.4, -0.2) is 44.1 Å². The molecule has 27 heavy (non-hydrogen) atoms. The molecule has 3 fully saturated rings. The molecule has 2 saturated carbocycles. The number of piperidine rings is 1. The Hall–Kier alpha value is -1.26. The zero-order valence-corrected chi connectivity index (χ0v) is 17.4. The van der Waals surface area contributed by atoms with Crippen LogP contribution in [0.4, 0.5) is 0 Å². The van der Waals surface area contributed by atoms with Crippen molar-refractivity contribution in [1.29, 1.82) is 0 Å². The highest BCUT2D eigenvalue weighted by Gasteiger charge is 2.56. The Balaban J connectivity index is 0.00000210. The highest BCUT2D eigenvalue weighted by molar-refractivity contribution is 5.85. The average molecular weight is 393 g/mol. The third-order valence-corrected chi connectivity index (χ3v) is 7.17. The van der Waals surface area contributed by atoms with Crippen LogP contribution >= 0.6 is 12.4 Å². The molecule has 3 aliphatic rings. The number of fused-ring (bicyclic) bond motifs is 2. The number of benzene rings is 1. The normalized spacial score (nSPS) is 32.2. The molecule has 1 aromatic carbocycles. The second-order valence-corrected chi connectivity index (χ2v) is 8.64. The maximum Gasteiger partial charge on any atom is 0.229 e. The largest absolute Gasteiger partial charge is 0.497 e. The predicted molar refractivity (Wildman–Crippen MR) is 110 cm³/mol. The lowest BCUT2D eigenvalue weighted by atomic mass is 9.68. The molecule has 1 aliphatic heterocycles. The number of likely N-dealkylation sites (tertiary alicyclic amines) is 1. The van der Waals surface area contributed by atoms with Crippen molar-refractivity contribution in [1.82, 2.24) is 10.2 Å². The first-order valence-corrected chi connectivity index (χ1v) is 10.2. The van der Waals surface area contributed by atoms with Gasteiger partial charge in [-0.25, -0.2) is 0 Å². The van der Waals surface area contributed by atoms with E-state index in [1.807, 2.05) is 13.1 Å². The molecule has 1 aromatic rings. The number of hydrogen-bond donors (Lipinski definition) is 1. The van der Waals surface area contributed by atoms with Crippen LogP contribution in [0.15, 0.2) is 24.3 Å². The second kappa shape index (κ2) is 8.40. The molecule has 2 bridgehead atoms. The number of halogens is 1. The Morgan fingerprint density at radius 2 is 2.19 bits per heavy atom. The molecule has 1 heterocycles. The van der Waals surface area contributed by atoms with Crippen LogP contribution in [0.1, 0.15) is 44.1 Å². The van der Waals surface area contributed by atoms with Crippen molar-refractivity contribution in [2.24, 2.45) is 17.3 Å². The average Bonchev–Trinajstić information content (AvgIpc) is 3.29. The van der Waals surface area contributed by atoms with Gasteiger partial charge < -0.3 is 15.0 Å². The van der Waals surface area contributed by atoms with E-state index in [1.165, 1.54) is 31.2 Å². The summed E-state index contributed by atoms with van der Waals surface area (Å²) in [5, 5.41) is 3.38. The fourth-order valence-corrected chi connectivity index (χ4v) is 5.86.